The van der Waals surface area contributed by atoms with Crippen LogP contribution >= 0.6 is 11.6 Å². The molecule has 4 nitrogen and oxygen atoms in total. The van der Waals surface area contributed by atoms with E-state index in [0.717, 1.165) is 23.7 Å². The highest BCUT2D eigenvalue weighted by atomic mass is 35.5. The van der Waals surface area contributed by atoms with Gasteiger partial charge in [0.25, 0.3) is 0 Å². The summed E-state index contributed by atoms with van der Waals surface area (Å²) in [6.45, 7) is 3.02. The second-order valence-corrected chi connectivity index (χ2v) is 4.57. The Morgan fingerprint density at radius 1 is 1.39 bits per heavy atom. The van der Waals surface area contributed by atoms with Gasteiger partial charge < -0.3 is 15.1 Å². The number of nitrogens with zero attached hydrogens (tertiary/aromatic N) is 2. The molecule has 0 saturated heterocycles. The highest BCUT2D eigenvalue weighted by molar-refractivity contribution is 6.31. The summed E-state index contributed by atoms with van der Waals surface area (Å²) in [5.74, 6) is 1.77. The van der Waals surface area contributed by atoms with Gasteiger partial charge >= 0.3 is 0 Å². The summed E-state index contributed by atoms with van der Waals surface area (Å²) in [6, 6.07) is 5.67. The molecular formula is C13H16ClN3O. The van der Waals surface area contributed by atoms with Crippen molar-refractivity contribution < 1.29 is 4.42 Å². The van der Waals surface area contributed by atoms with Gasteiger partial charge in [0.15, 0.2) is 0 Å². The summed E-state index contributed by atoms with van der Waals surface area (Å²) in [7, 11) is 1.98. The third-order valence-corrected chi connectivity index (χ3v) is 3.21. The molecule has 96 valence electrons. The summed E-state index contributed by atoms with van der Waals surface area (Å²) in [5, 5.41) is 0.606. The van der Waals surface area contributed by atoms with E-state index in [2.05, 4.69) is 4.98 Å². The number of hydrogen-bond acceptors (Lipinski definition) is 4. The normalized spacial score (nSPS) is 10.7. The number of nitrogens with two attached hydrogens (primary N) is 1. The van der Waals surface area contributed by atoms with Gasteiger partial charge in [0, 0.05) is 25.7 Å². The Kier molecular flexibility index (Phi) is 3.89. The van der Waals surface area contributed by atoms with Crippen molar-refractivity contribution in [2.24, 2.45) is 5.73 Å². The molecule has 5 heteroatoms. The van der Waals surface area contributed by atoms with Crippen molar-refractivity contribution in [1.82, 2.24) is 4.98 Å². The fraction of sp³-hybridized carbons (Fsp3) is 0.308. The van der Waals surface area contributed by atoms with Gasteiger partial charge in [-0.05, 0) is 25.1 Å². The Bertz CT molecular complexity index is 539. The highest BCUT2D eigenvalue weighted by Crippen LogP contribution is 2.20. The van der Waals surface area contributed by atoms with Crippen LogP contribution in [-0.2, 0) is 13.1 Å². The molecule has 2 aromatic heterocycles. The van der Waals surface area contributed by atoms with Gasteiger partial charge in [-0.25, -0.2) is 4.98 Å². The smallest absolute Gasteiger partial charge is 0.129 e. The number of rotatable bonds is 4. The zero-order valence-electron chi connectivity index (χ0n) is 10.5. The lowest BCUT2D eigenvalue weighted by Crippen LogP contribution is -2.18. The summed E-state index contributed by atoms with van der Waals surface area (Å²) in [4.78, 5) is 6.47. The molecule has 0 fully saturated rings. The Morgan fingerprint density at radius 3 is 2.78 bits per heavy atom. The lowest BCUT2D eigenvalue weighted by Gasteiger charge is -2.18. The molecule has 0 aromatic carbocycles. The molecule has 0 atom stereocenters. The molecule has 0 aliphatic heterocycles. The van der Waals surface area contributed by atoms with Crippen LogP contribution in [0.3, 0.4) is 0 Å². The maximum atomic E-state index is 5.99. The van der Waals surface area contributed by atoms with E-state index in [1.807, 2.05) is 37.1 Å². The van der Waals surface area contributed by atoms with Gasteiger partial charge in [0.2, 0.25) is 0 Å². The molecule has 18 heavy (non-hydrogen) atoms. The van der Waals surface area contributed by atoms with Crippen LogP contribution in [0.4, 0.5) is 5.82 Å². The largest absolute Gasteiger partial charge is 0.469 e. The van der Waals surface area contributed by atoms with Crippen molar-refractivity contribution in [2.45, 2.75) is 20.0 Å². The number of aryl methyl sites for hydroxylation is 1. The molecule has 0 radical (unpaired) electrons. The van der Waals surface area contributed by atoms with E-state index in [-0.39, 0.29) is 0 Å². The van der Waals surface area contributed by atoms with Crippen molar-refractivity contribution in [3.05, 3.63) is 46.5 Å². The van der Waals surface area contributed by atoms with Crippen LogP contribution in [0.25, 0.3) is 0 Å². The summed E-state index contributed by atoms with van der Waals surface area (Å²) < 4.78 is 5.28. The fourth-order valence-electron chi connectivity index (χ4n) is 1.74. The summed E-state index contributed by atoms with van der Waals surface area (Å²) in [6.07, 6.45) is 1.69. The first kappa shape index (κ1) is 12.9. The van der Waals surface area contributed by atoms with Gasteiger partial charge in [0.1, 0.15) is 11.6 Å². The number of anilines is 1. The van der Waals surface area contributed by atoms with Gasteiger partial charge in [-0.2, -0.15) is 0 Å². The number of aromatic nitrogens is 1. The van der Waals surface area contributed by atoms with Crippen LogP contribution in [0.5, 0.6) is 0 Å². The van der Waals surface area contributed by atoms with Crippen LogP contribution in [0.2, 0.25) is 5.02 Å². The predicted octanol–water partition coefficient (Wildman–Crippen LogP) is 2.73. The number of pyridine rings is 1. The van der Waals surface area contributed by atoms with Gasteiger partial charge in [-0.1, -0.05) is 11.6 Å². The van der Waals surface area contributed by atoms with Crippen molar-refractivity contribution in [1.29, 1.82) is 0 Å². The van der Waals surface area contributed by atoms with Gasteiger partial charge in [-0.3, -0.25) is 0 Å². The SMILES string of the molecule is Cc1occc1CN(C)c1ccc(Cl)c(CN)n1. The minimum absolute atomic E-state index is 0.339. The van der Waals surface area contributed by atoms with Gasteiger partial charge in [0.05, 0.1) is 17.0 Å². The third-order valence-electron chi connectivity index (χ3n) is 2.86. The van der Waals surface area contributed by atoms with Crippen LogP contribution in [0.15, 0.2) is 28.9 Å². The van der Waals surface area contributed by atoms with Crippen LogP contribution < -0.4 is 10.6 Å². The van der Waals surface area contributed by atoms with Crippen LogP contribution in [0, 0.1) is 6.92 Å². The Morgan fingerprint density at radius 2 is 2.17 bits per heavy atom. The topological polar surface area (TPSA) is 55.3 Å². The quantitative estimate of drug-likeness (QED) is 0.924. The first-order valence-electron chi connectivity index (χ1n) is 5.71. The zero-order chi connectivity index (χ0) is 13.1. The monoisotopic (exact) mass is 265 g/mol. The molecule has 0 saturated carbocycles. The molecule has 0 aliphatic carbocycles. The van der Waals surface area contributed by atoms with Crippen LogP contribution in [-0.4, -0.2) is 12.0 Å². The molecular weight excluding hydrogens is 250 g/mol. The van der Waals surface area contributed by atoms with E-state index in [0.29, 0.717) is 17.3 Å². The molecule has 2 heterocycles. The first-order chi connectivity index (χ1) is 8.61. The molecule has 2 N–H and O–H groups in total. The predicted molar refractivity (Wildman–Crippen MR) is 72.7 cm³/mol. The number of hydrogen-bond donors (Lipinski definition) is 1. The van der Waals surface area contributed by atoms with E-state index >= 15 is 0 Å². The lowest BCUT2D eigenvalue weighted by molar-refractivity contribution is 0.529. The molecule has 0 amide bonds. The molecule has 0 bridgehead atoms. The average Bonchev–Trinajstić information content (AvgIpc) is 2.75. The highest BCUT2D eigenvalue weighted by Gasteiger charge is 2.09. The third kappa shape index (κ3) is 2.66. The Hall–Kier alpha value is -1.52. The molecule has 0 unspecified atom stereocenters. The van der Waals surface area contributed by atoms with Crippen molar-refractivity contribution in [2.75, 3.05) is 11.9 Å². The van der Waals surface area contributed by atoms with E-state index < -0.39 is 0 Å². The van der Waals surface area contributed by atoms with Crippen LogP contribution in [0.1, 0.15) is 17.0 Å². The van der Waals surface area contributed by atoms with E-state index in [1.165, 1.54) is 0 Å². The minimum atomic E-state index is 0.339. The summed E-state index contributed by atoms with van der Waals surface area (Å²) in [5.41, 5.74) is 7.45. The minimum Gasteiger partial charge on any atom is -0.469 e. The maximum Gasteiger partial charge on any atom is 0.129 e. The fourth-order valence-corrected chi connectivity index (χ4v) is 1.92. The van der Waals surface area contributed by atoms with Gasteiger partial charge in [-0.15, -0.1) is 0 Å². The van der Waals surface area contributed by atoms with E-state index in [1.54, 1.807) is 6.26 Å². The van der Waals surface area contributed by atoms with Crippen molar-refractivity contribution >= 4 is 17.4 Å². The second-order valence-electron chi connectivity index (χ2n) is 4.16. The van der Waals surface area contributed by atoms with E-state index in [4.69, 9.17) is 21.8 Å². The first-order valence-corrected chi connectivity index (χ1v) is 6.09. The second kappa shape index (κ2) is 5.42. The zero-order valence-corrected chi connectivity index (χ0v) is 11.2. The summed E-state index contributed by atoms with van der Waals surface area (Å²) >= 11 is 5.99. The van der Waals surface area contributed by atoms with E-state index in [9.17, 15) is 0 Å². The standard InChI is InChI=1S/C13H16ClN3O/c1-9-10(5-6-18-9)8-17(2)13-4-3-11(14)12(7-15)16-13/h3-6H,7-8,15H2,1-2H3. The lowest BCUT2D eigenvalue weighted by atomic mass is 10.2. The van der Waals surface area contributed by atoms with Crippen molar-refractivity contribution in [3.8, 4) is 0 Å². The molecule has 2 rings (SSSR count). The maximum absolute atomic E-state index is 5.99. The number of halogens is 1. The Labute approximate surface area is 111 Å². The molecule has 0 aliphatic rings. The Balaban J connectivity index is 2.18. The van der Waals surface area contributed by atoms with Crippen molar-refractivity contribution in [3.63, 3.8) is 0 Å². The number of furan rings is 1. The average molecular weight is 266 g/mol. The molecule has 2 aromatic rings. The molecule has 0 spiro atoms.